The summed E-state index contributed by atoms with van der Waals surface area (Å²) >= 11 is 1.33. The summed E-state index contributed by atoms with van der Waals surface area (Å²) in [7, 11) is 1.62. The SMILES string of the molecule is COc1ccccc1-n1cnnc1SCC(=O)Nc1cccc(C)c1C. The van der Waals surface area contributed by atoms with Crippen LogP contribution in [-0.2, 0) is 4.79 Å². The zero-order valence-electron chi connectivity index (χ0n) is 14.9. The maximum Gasteiger partial charge on any atom is 0.234 e. The minimum atomic E-state index is -0.0849. The molecule has 0 radical (unpaired) electrons. The molecule has 3 rings (SSSR count). The Balaban J connectivity index is 1.70. The maximum atomic E-state index is 12.3. The van der Waals surface area contributed by atoms with Gasteiger partial charge in [-0.05, 0) is 43.2 Å². The standard InChI is InChI=1S/C19H20N4O2S/c1-13-7-6-8-15(14(13)2)21-18(24)11-26-19-22-20-12-23(19)16-9-4-5-10-17(16)25-3/h4-10,12H,11H2,1-3H3,(H,21,24). The molecule has 0 spiro atoms. The third-order valence-electron chi connectivity index (χ3n) is 4.07. The average molecular weight is 368 g/mol. The number of amides is 1. The summed E-state index contributed by atoms with van der Waals surface area (Å²) < 4.78 is 7.20. The summed E-state index contributed by atoms with van der Waals surface area (Å²) in [6.45, 7) is 4.02. The van der Waals surface area contributed by atoms with Gasteiger partial charge in [-0.2, -0.15) is 0 Å². The summed E-state index contributed by atoms with van der Waals surface area (Å²) in [5.41, 5.74) is 3.88. The normalized spacial score (nSPS) is 10.6. The van der Waals surface area contributed by atoms with Crippen LogP contribution in [0.4, 0.5) is 5.69 Å². The Bertz CT molecular complexity index is 923. The molecule has 3 aromatic rings. The summed E-state index contributed by atoms with van der Waals surface area (Å²) in [4.78, 5) is 12.3. The second kappa shape index (κ2) is 8.05. The summed E-state index contributed by atoms with van der Waals surface area (Å²) in [5.74, 6) is 0.869. The van der Waals surface area contributed by atoms with Gasteiger partial charge in [0, 0.05) is 5.69 Å². The van der Waals surface area contributed by atoms with E-state index >= 15 is 0 Å². The largest absolute Gasteiger partial charge is 0.495 e. The molecule has 0 aliphatic rings. The van der Waals surface area contributed by atoms with Gasteiger partial charge in [0.15, 0.2) is 5.16 Å². The van der Waals surface area contributed by atoms with Gasteiger partial charge in [0.25, 0.3) is 0 Å². The van der Waals surface area contributed by atoms with Crippen LogP contribution in [0.15, 0.2) is 53.9 Å². The molecule has 1 amide bonds. The second-order valence-electron chi connectivity index (χ2n) is 5.74. The molecule has 6 nitrogen and oxygen atoms in total. The first kappa shape index (κ1) is 18.0. The Morgan fingerprint density at radius 1 is 1.19 bits per heavy atom. The smallest absolute Gasteiger partial charge is 0.234 e. The fourth-order valence-corrected chi connectivity index (χ4v) is 3.24. The van der Waals surface area contributed by atoms with Crippen molar-refractivity contribution in [1.82, 2.24) is 14.8 Å². The molecule has 0 aliphatic carbocycles. The number of nitrogens with zero attached hydrogens (tertiary/aromatic N) is 3. The van der Waals surface area contributed by atoms with E-state index < -0.39 is 0 Å². The molecule has 0 fully saturated rings. The molecule has 1 heterocycles. The number of carbonyl (C=O) groups excluding carboxylic acids is 1. The van der Waals surface area contributed by atoms with Gasteiger partial charge in [-0.3, -0.25) is 9.36 Å². The van der Waals surface area contributed by atoms with Crippen molar-refractivity contribution in [2.24, 2.45) is 0 Å². The van der Waals surface area contributed by atoms with Crippen LogP contribution in [-0.4, -0.2) is 33.5 Å². The number of anilines is 1. The number of nitrogens with one attached hydrogen (secondary N) is 1. The molecule has 7 heteroatoms. The van der Waals surface area contributed by atoms with Gasteiger partial charge in [-0.25, -0.2) is 0 Å². The highest BCUT2D eigenvalue weighted by Gasteiger charge is 2.13. The lowest BCUT2D eigenvalue weighted by atomic mass is 10.1. The number of thioether (sulfide) groups is 1. The Kier molecular flexibility index (Phi) is 5.58. The van der Waals surface area contributed by atoms with E-state index in [1.54, 1.807) is 13.4 Å². The van der Waals surface area contributed by atoms with Crippen molar-refractivity contribution < 1.29 is 9.53 Å². The highest BCUT2D eigenvalue weighted by molar-refractivity contribution is 7.99. The molecule has 0 unspecified atom stereocenters. The van der Waals surface area contributed by atoms with E-state index in [-0.39, 0.29) is 11.7 Å². The van der Waals surface area contributed by atoms with Crippen molar-refractivity contribution in [3.63, 3.8) is 0 Å². The third-order valence-corrected chi connectivity index (χ3v) is 5.02. The Hall–Kier alpha value is -2.80. The van der Waals surface area contributed by atoms with Crippen LogP contribution in [0.5, 0.6) is 5.75 Å². The lowest BCUT2D eigenvalue weighted by Gasteiger charge is -2.11. The van der Waals surface area contributed by atoms with E-state index in [1.165, 1.54) is 11.8 Å². The lowest BCUT2D eigenvalue weighted by Crippen LogP contribution is -2.15. The number of para-hydroxylation sites is 2. The highest BCUT2D eigenvalue weighted by Crippen LogP contribution is 2.26. The number of aromatic nitrogens is 3. The fourth-order valence-electron chi connectivity index (χ4n) is 2.52. The van der Waals surface area contributed by atoms with Gasteiger partial charge < -0.3 is 10.1 Å². The van der Waals surface area contributed by atoms with Crippen molar-refractivity contribution >= 4 is 23.4 Å². The predicted molar refractivity (Wildman–Crippen MR) is 103 cm³/mol. The van der Waals surface area contributed by atoms with Gasteiger partial charge in [0.05, 0.1) is 18.6 Å². The fraction of sp³-hybridized carbons (Fsp3) is 0.211. The molecule has 134 valence electrons. The number of benzene rings is 2. The molecule has 1 N–H and O–H groups in total. The van der Waals surface area contributed by atoms with Crippen LogP contribution in [0.2, 0.25) is 0 Å². The van der Waals surface area contributed by atoms with Gasteiger partial charge in [0.1, 0.15) is 12.1 Å². The molecule has 0 bridgehead atoms. The van der Waals surface area contributed by atoms with Gasteiger partial charge in [-0.15, -0.1) is 10.2 Å². The molecule has 1 aromatic heterocycles. The summed E-state index contributed by atoms with van der Waals surface area (Å²) in [6.07, 6.45) is 1.61. The van der Waals surface area contributed by atoms with E-state index in [9.17, 15) is 4.79 Å². The quantitative estimate of drug-likeness (QED) is 0.673. The van der Waals surface area contributed by atoms with Crippen LogP contribution >= 0.6 is 11.8 Å². The topological polar surface area (TPSA) is 69.0 Å². The van der Waals surface area contributed by atoms with Crippen molar-refractivity contribution in [1.29, 1.82) is 0 Å². The number of methoxy groups -OCH3 is 1. The first-order valence-electron chi connectivity index (χ1n) is 8.12. The monoisotopic (exact) mass is 368 g/mol. The van der Waals surface area contributed by atoms with Crippen LogP contribution in [0.3, 0.4) is 0 Å². The first-order valence-corrected chi connectivity index (χ1v) is 9.11. The van der Waals surface area contributed by atoms with E-state index in [4.69, 9.17) is 4.74 Å². The molecule has 0 aliphatic heterocycles. The van der Waals surface area contributed by atoms with Gasteiger partial charge >= 0.3 is 0 Å². The van der Waals surface area contributed by atoms with Crippen LogP contribution < -0.4 is 10.1 Å². The number of hydrogen-bond donors (Lipinski definition) is 1. The molecule has 0 atom stereocenters. The van der Waals surface area contributed by atoms with Crippen molar-refractivity contribution in [3.8, 4) is 11.4 Å². The number of ether oxygens (including phenoxy) is 1. The van der Waals surface area contributed by atoms with Gasteiger partial charge in [0.2, 0.25) is 5.91 Å². The van der Waals surface area contributed by atoms with E-state index in [1.807, 2.05) is 60.9 Å². The summed E-state index contributed by atoms with van der Waals surface area (Å²) in [6, 6.07) is 13.5. The number of carbonyl (C=O) groups is 1. The van der Waals surface area contributed by atoms with Crippen molar-refractivity contribution in [2.75, 3.05) is 18.2 Å². The minimum Gasteiger partial charge on any atom is -0.495 e. The minimum absolute atomic E-state index is 0.0849. The van der Waals surface area contributed by atoms with Crippen molar-refractivity contribution in [2.45, 2.75) is 19.0 Å². The molecule has 2 aromatic carbocycles. The first-order chi connectivity index (χ1) is 12.6. The predicted octanol–water partition coefficient (Wildman–Crippen LogP) is 3.62. The second-order valence-corrected chi connectivity index (χ2v) is 6.68. The van der Waals surface area contributed by atoms with E-state index in [0.717, 1.165) is 22.5 Å². The molecule has 0 saturated heterocycles. The van der Waals surface area contributed by atoms with Gasteiger partial charge in [-0.1, -0.05) is 36.0 Å². The Morgan fingerprint density at radius 3 is 2.81 bits per heavy atom. The summed E-state index contributed by atoms with van der Waals surface area (Å²) in [5, 5.41) is 11.7. The molecule has 0 saturated carbocycles. The Morgan fingerprint density at radius 2 is 2.00 bits per heavy atom. The molecular formula is C19H20N4O2S. The maximum absolute atomic E-state index is 12.3. The number of aryl methyl sites for hydroxylation is 1. The van der Waals surface area contributed by atoms with E-state index in [2.05, 4.69) is 15.5 Å². The highest BCUT2D eigenvalue weighted by atomic mass is 32.2. The van der Waals surface area contributed by atoms with Crippen LogP contribution in [0.25, 0.3) is 5.69 Å². The third kappa shape index (κ3) is 3.88. The Labute approximate surface area is 156 Å². The lowest BCUT2D eigenvalue weighted by molar-refractivity contribution is -0.113. The average Bonchev–Trinajstić information content (AvgIpc) is 3.12. The zero-order chi connectivity index (χ0) is 18.5. The van der Waals surface area contributed by atoms with Crippen LogP contribution in [0, 0.1) is 13.8 Å². The molecular weight excluding hydrogens is 348 g/mol. The zero-order valence-corrected chi connectivity index (χ0v) is 15.7. The number of rotatable bonds is 6. The van der Waals surface area contributed by atoms with Crippen LogP contribution in [0.1, 0.15) is 11.1 Å². The van der Waals surface area contributed by atoms with E-state index in [0.29, 0.717) is 10.9 Å². The number of hydrogen-bond acceptors (Lipinski definition) is 5. The molecule has 26 heavy (non-hydrogen) atoms. The van der Waals surface area contributed by atoms with Crippen molar-refractivity contribution in [3.05, 3.63) is 59.9 Å².